The summed E-state index contributed by atoms with van der Waals surface area (Å²) in [5.74, 6) is -0.137. The van der Waals surface area contributed by atoms with Crippen LogP contribution >= 0.6 is 0 Å². The number of rotatable bonds is 13. The summed E-state index contributed by atoms with van der Waals surface area (Å²) in [6, 6.07) is 2.36. The summed E-state index contributed by atoms with van der Waals surface area (Å²) in [5.41, 5.74) is -1.58. The third-order valence-corrected chi connectivity index (χ3v) is 10.2. The summed E-state index contributed by atoms with van der Waals surface area (Å²) in [4.78, 5) is 58.4. The molecule has 238 valence electrons. The van der Waals surface area contributed by atoms with Gasteiger partial charge in [0.05, 0.1) is 5.69 Å². The molecule has 1 aromatic heterocycles. The largest absolute Gasteiger partial charge is 0.383 e. The second kappa shape index (κ2) is 14.1. The molecule has 12 heteroatoms. The number of nitriles is 1. The van der Waals surface area contributed by atoms with Crippen molar-refractivity contribution in [3.8, 4) is 6.07 Å². The lowest BCUT2D eigenvalue weighted by atomic mass is 9.85. The van der Waals surface area contributed by atoms with Crippen molar-refractivity contribution in [2.75, 3.05) is 34.0 Å². The highest BCUT2D eigenvalue weighted by Gasteiger charge is 2.51. The molecule has 1 aliphatic heterocycles. The minimum Gasteiger partial charge on any atom is -0.383 e. The van der Waals surface area contributed by atoms with Crippen LogP contribution in [0.1, 0.15) is 76.6 Å². The number of carbonyl (C=O) groups excluding carboxylic acids is 2. The van der Waals surface area contributed by atoms with Gasteiger partial charge < -0.3 is 14.5 Å². The normalized spacial score (nSPS) is 20.7. The van der Waals surface area contributed by atoms with Crippen molar-refractivity contribution in [3.05, 3.63) is 38.3 Å². The minimum absolute atomic E-state index is 0.0222. The molecule has 3 rings (SSSR count). The number of aromatic nitrogens is 2. The Morgan fingerprint density at radius 1 is 1.09 bits per heavy atom. The number of nitrogens with zero attached hydrogens (tertiary/aromatic N) is 6. The molecule has 0 bridgehead atoms. The summed E-state index contributed by atoms with van der Waals surface area (Å²) in [7, 11) is 2.39. The Morgan fingerprint density at radius 2 is 1.74 bits per heavy atom. The smallest absolute Gasteiger partial charge is 0.331 e. The maximum Gasteiger partial charge on any atom is 0.331 e. The van der Waals surface area contributed by atoms with E-state index in [1.54, 1.807) is 40.5 Å². The number of ether oxygens (including phenoxy) is 1. The van der Waals surface area contributed by atoms with Crippen molar-refractivity contribution in [2.24, 2.45) is 5.92 Å². The summed E-state index contributed by atoms with van der Waals surface area (Å²) in [6.45, 7) is 13.7. The fraction of sp³-hybridized carbons (Fsp3) is 0.710. The number of carbonyl (C=O) groups is 2. The fourth-order valence-corrected chi connectivity index (χ4v) is 6.51. The van der Waals surface area contributed by atoms with Crippen LogP contribution in [0.2, 0.25) is 25.7 Å². The van der Waals surface area contributed by atoms with Gasteiger partial charge in [-0.3, -0.25) is 18.7 Å². The van der Waals surface area contributed by atoms with E-state index in [4.69, 9.17) is 4.74 Å². The predicted octanol–water partition coefficient (Wildman–Crippen LogP) is 4.30. The molecule has 0 unspecified atom stereocenters. The van der Waals surface area contributed by atoms with Gasteiger partial charge in [0.25, 0.3) is 11.5 Å². The molecule has 1 saturated carbocycles. The fourth-order valence-electron chi connectivity index (χ4n) is 5.75. The van der Waals surface area contributed by atoms with E-state index in [1.165, 1.54) is 9.47 Å². The van der Waals surface area contributed by atoms with Gasteiger partial charge in [0.1, 0.15) is 23.9 Å². The van der Waals surface area contributed by atoms with Crippen molar-refractivity contribution in [1.82, 2.24) is 23.8 Å². The van der Waals surface area contributed by atoms with Gasteiger partial charge in [-0.2, -0.15) is 5.26 Å². The molecule has 0 aromatic carbocycles. The standard InChI is InChI=1S/C31H50N6O5Si/c1-9-10-16-34-26(15-17-33(4)5)25(20-32)27(38)37(30(34)41)24-13-11-23(12-14-24)21-36-29(40)35(28(39)31(36,2)3)22-42-18-19-43(6,7)8/h15,17,23-24H,9-14,16,18-19,21-22H2,1-8H3/b17-15+. The van der Waals surface area contributed by atoms with Crippen molar-refractivity contribution < 1.29 is 14.3 Å². The third kappa shape index (κ3) is 7.86. The number of imide groups is 1. The molecule has 2 aliphatic rings. The first kappa shape index (κ1) is 34.3. The Hall–Kier alpha value is -3.17. The van der Waals surface area contributed by atoms with Crippen LogP contribution in [0.5, 0.6) is 0 Å². The Balaban J connectivity index is 1.76. The van der Waals surface area contributed by atoms with Crippen LogP contribution < -0.4 is 11.2 Å². The molecule has 1 saturated heterocycles. The van der Waals surface area contributed by atoms with Crippen LogP contribution in [-0.4, -0.2) is 83.4 Å². The second-order valence-corrected chi connectivity index (χ2v) is 19.4. The molecule has 11 nitrogen and oxygen atoms in total. The highest BCUT2D eigenvalue weighted by Crippen LogP contribution is 2.35. The minimum atomic E-state index is -1.29. The quantitative estimate of drug-likeness (QED) is 0.185. The van der Waals surface area contributed by atoms with Gasteiger partial charge in [-0.05, 0) is 64.0 Å². The molecule has 43 heavy (non-hydrogen) atoms. The first-order valence-corrected chi connectivity index (χ1v) is 19.2. The van der Waals surface area contributed by atoms with Gasteiger partial charge in [0.2, 0.25) is 0 Å². The highest BCUT2D eigenvalue weighted by atomic mass is 28.3. The van der Waals surface area contributed by atoms with E-state index >= 15 is 0 Å². The monoisotopic (exact) mass is 614 g/mol. The molecule has 2 heterocycles. The first-order chi connectivity index (χ1) is 20.1. The van der Waals surface area contributed by atoms with E-state index in [9.17, 15) is 24.4 Å². The summed E-state index contributed by atoms with van der Waals surface area (Å²) < 4.78 is 8.58. The Labute approximate surface area is 256 Å². The lowest BCUT2D eigenvalue weighted by molar-refractivity contribution is -0.135. The average molecular weight is 615 g/mol. The maximum atomic E-state index is 13.7. The van der Waals surface area contributed by atoms with E-state index in [2.05, 4.69) is 25.7 Å². The predicted molar refractivity (Wildman–Crippen MR) is 170 cm³/mol. The van der Waals surface area contributed by atoms with E-state index in [-0.39, 0.29) is 41.9 Å². The van der Waals surface area contributed by atoms with Gasteiger partial charge in [-0.1, -0.05) is 33.0 Å². The average Bonchev–Trinajstić information content (AvgIpc) is 3.08. The molecular formula is C31H50N6O5Si. The number of unbranched alkanes of at least 4 members (excludes halogenated alkanes) is 1. The van der Waals surface area contributed by atoms with Crippen LogP contribution in [0.4, 0.5) is 4.79 Å². The molecule has 1 aliphatic carbocycles. The number of amides is 3. The lowest BCUT2D eigenvalue weighted by Gasteiger charge is -2.35. The van der Waals surface area contributed by atoms with Gasteiger partial charge in [0.15, 0.2) is 0 Å². The number of hydrogen-bond donors (Lipinski definition) is 0. The van der Waals surface area contributed by atoms with Crippen LogP contribution in [-0.2, 0) is 16.1 Å². The van der Waals surface area contributed by atoms with Crippen molar-refractivity contribution in [1.29, 1.82) is 5.26 Å². The molecule has 0 radical (unpaired) electrons. The third-order valence-electron chi connectivity index (χ3n) is 8.54. The first-order valence-electron chi connectivity index (χ1n) is 15.5. The molecule has 2 fully saturated rings. The van der Waals surface area contributed by atoms with E-state index in [0.717, 1.165) is 18.9 Å². The topological polar surface area (TPSA) is 121 Å². The Bertz CT molecular complexity index is 1360. The summed E-state index contributed by atoms with van der Waals surface area (Å²) >= 11 is 0. The lowest BCUT2D eigenvalue weighted by Crippen LogP contribution is -2.48. The Morgan fingerprint density at radius 3 is 2.30 bits per heavy atom. The molecule has 0 spiro atoms. The number of hydrogen-bond acceptors (Lipinski definition) is 7. The highest BCUT2D eigenvalue weighted by molar-refractivity contribution is 6.76. The van der Waals surface area contributed by atoms with Crippen LogP contribution in [0, 0.1) is 17.2 Å². The van der Waals surface area contributed by atoms with Crippen molar-refractivity contribution in [3.63, 3.8) is 0 Å². The van der Waals surface area contributed by atoms with E-state index < -0.39 is 19.2 Å². The molecule has 0 atom stereocenters. The zero-order valence-corrected chi connectivity index (χ0v) is 28.3. The molecule has 1 aromatic rings. The zero-order valence-electron chi connectivity index (χ0n) is 27.3. The van der Waals surface area contributed by atoms with Gasteiger partial charge in [-0.25, -0.2) is 14.5 Å². The summed E-state index contributed by atoms with van der Waals surface area (Å²) in [5, 5.41) is 9.95. The second-order valence-electron chi connectivity index (χ2n) is 13.8. The molecule has 3 amide bonds. The SMILES string of the molecule is CCCCn1c(/C=C/N(C)C)c(C#N)c(=O)n(C2CCC(CN3C(=O)N(COCC[Si](C)(C)C)C(=O)C3(C)C)CC2)c1=O. The maximum absolute atomic E-state index is 13.7. The van der Waals surface area contributed by atoms with E-state index in [0.29, 0.717) is 51.1 Å². The Kier molecular flexibility index (Phi) is 11.2. The van der Waals surface area contributed by atoms with Crippen molar-refractivity contribution >= 4 is 26.1 Å². The molecule has 0 N–H and O–H groups in total. The molecular weight excluding hydrogens is 564 g/mol. The van der Waals surface area contributed by atoms with Crippen LogP contribution in [0.15, 0.2) is 15.8 Å². The van der Waals surface area contributed by atoms with Crippen LogP contribution in [0.25, 0.3) is 6.08 Å². The van der Waals surface area contributed by atoms with Crippen molar-refractivity contribution in [2.45, 2.75) is 103 Å². The summed E-state index contributed by atoms with van der Waals surface area (Å²) in [6.07, 6.45) is 7.54. The number of urea groups is 1. The van der Waals surface area contributed by atoms with Gasteiger partial charge in [0, 0.05) is 54.1 Å². The van der Waals surface area contributed by atoms with Crippen LogP contribution in [0.3, 0.4) is 0 Å². The zero-order chi connectivity index (χ0) is 32.1. The van der Waals surface area contributed by atoms with Gasteiger partial charge >= 0.3 is 11.7 Å². The van der Waals surface area contributed by atoms with Gasteiger partial charge in [-0.15, -0.1) is 0 Å². The van der Waals surface area contributed by atoms with E-state index in [1.807, 2.05) is 21.0 Å².